The van der Waals surface area contributed by atoms with Crippen LogP contribution in [0.3, 0.4) is 0 Å². The Morgan fingerprint density at radius 1 is 1.18 bits per heavy atom. The Bertz CT molecular complexity index is 528. The number of hydrogen-bond acceptors (Lipinski definition) is 5. The van der Waals surface area contributed by atoms with Gasteiger partial charge in [-0.1, -0.05) is 43.0 Å². The Labute approximate surface area is 105 Å². The van der Waals surface area contributed by atoms with E-state index in [2.05, 4.69) is 27.9 Å². The van der Waals surface area contributed by atoms with Gasteiger partial charge in [0.2, 0.25) is 5.95 Å². The third-order valence-corrected chi connectivity index (χ3v) is 3.00. The summed E-state index contributed by atoms with van der Waals surface area (Å²) in [5.41, 5.74) is 7.93. The summed E-state index contributed by atoms with van der Waals surface area (Å²) in [7, 11) is 0. The summed E-state index contributed by atoms with van der Waals surface area (Å²) in [5.74, 6) is 0.921. The molecule has 0 aliphatic rings. The van der Waals surface area contributed by atoms with E-state index >= 15 is 0 Å². The van der Waals surface area contributed by atoms with E-state index in [0.717, 1.165) is 12.0 Å². The maximum Gasteiger partial charge on any atom is 0.224 e. The molecule has 2 aromatic rings. The van der Waals surface area contributed by atoms with Crippen LogP contribution in [0.15, 0.2) is 29.4 Å². The van der Waals surface area contributed by atoms with Crippen molar-refractivity contribution in [3.8, 4) is 11.4 Å². The smallest absolute Gasteiger partial charge is 0.224 e. The maximum atomic E-state index is 5.69. The highest BCUT2D eigenvalue weighted by molar-refractivity contribution is 7.98. The molecular weight excluding hydrogens is 232 g/mol. The molecular formula is C12H14N4S. The molecule has 0 amide bonds. The molecule has 1 aromatic heterocycles. The van der Waals surface area contributed by atoms with Gasteiger partial charge in [-0.3, -0.25) is 0 Å². The average molecular weight is 246 g/mol. The minimum atomic E-state index is 0.269. The Balaban J connectivity index is 2.55. The summed E-state index contributed by atoms with van der Waals surface area (Å²) >= 11 is 1.46. The van der Waals surface area contributed by atoms with Crippen molar-refractivity contribution in [3.05, 3.63) is 29.8 Å². The number of nitrogens with zero attached hydrogens (tertiary/aromatic N) is 3. The predicted molar refractivity (Wildman–Crippen MR) is 70.8 cm³/mol. The van der Waals surface area contributed by atoms with E-state index in [9.17, 15) is 0 Å². The van der Waals surface area contributed by atoms with Gasteiger partial charge >= 0.3 is 0 Å². The normalized spacial score (nSPS) is 10.5. The number of nitrogen functional groups attached to an aromatic ring is 1. The molecule has 0 unspecified atom stereocenters. The summed E-state index contributed by atoms with van der Waals surface area (Å²) < 4.78 is 0. The summed E-state index contributed by atoms with van der Waals surface area (Å²) in [5, 5.41) is 0.651. The van der Waals surface area contributed by atoms with Crippen molar-refractivity contribution in [2.75, 3.05) is 12.0 Å². The molecule has 0 radical (unpaired) electrons. The first kappa shape index (κ1) is 11.9. The Morgan fingerprint density at radius 2 is 1.94 bits per heavy atom. The monoisotopic (exact) mass is 246 g/mol. The zero-order valence-electron chi connectivity index (χ0n) is 9.84. The fraction of sp³-hybridized carbons (Fsp3) is 0.250. The fourth-order valence-electron chi connectivity index (χ4n) is 1.63. The summed E-state index contributed by atoms with van der Waals surface area (Å²) in [4.78, 5) is 12.6. The number of thioether (sulfide) groups is 1. The predicted octanol–water partition coefficient (Wildman–Crippen LogP) is 2.41. The highest BCUT2D eigenvalue weighted by Crippen LogP contribution is 2.22. The van der Waals surface area contributed by atoms with E-state index in [0.29, 0.717) is 11.0 Å². The van der Waals surface area contributed by atoms with Crippen molar-refractivity contribution >= 4 is 17.7 Å². The largest absolute Gasteiger partial charge is 0.368 e. The lowest BCUT2D eigenvalue weighted by molar-refractivity contribution is 0.924. The number of nitrogens with two attached hydrogens (primary N) is 1. The number of anilines is 1. The standard InChI is InChI=1S/C12H14N4S/c1-3-8-6-4-5-7-9(8)10-14-11(13)16-12(15-10)17-2/h4-7H,3H2,1-2H3,(H2,13,14,15,16). The maximum absolute atomic E-state index is 5.69. The number of rotatable bonds is 3. The molecule has 0 fully saturated rings. The number of benzene rings is 1. The van der Waals surface area contributed by atoms with Crippen LogP contribution in [0.1, 0.15) is 12.5 Å². The molecule has 2 N–H and O–H groups in total. The molecule has 17 heavy (non-hydrogen) atoms. The Kier molecular flexibility index (Phi) is 3.58. The van der Waals surface area contributed by atoms with Gasteiger partial charge in [-0.05, 0) is 18.2 Å². The fourth-order valence-corrected chi connectivity index (χ4v) is 1.99. The SMILES string of the molecule is CCc1ccccc1-c1nc(N)nc(SC)n1. The van der Waals surface area contributed by atoms with E-state index in [-0.39, 0.29) is 5.95 Å². The van der Waals surface area contributed by atoms with E-state index < -0.39 is 0 Å². The first-order chi connectivity index (χ1) is 8.24. The third kappa shape index (κ3) is 2.55. The van der Waals surface area contributed by atoms with Crippen molar-refractivity contribution < 1.29 is 0 Å². The molecule has 0 spiro atoms. The van der Waals surface area contributed by atoms with Gasteiger partial charge in [-0.2, -0.15) is 9.97 Å². The van der Waals surface area contributed by atoms with Crippen LogP contribution >= 0.6 is 11.8 Å². The molecule has 1 heterocycles. The van der Waals surface area contributed by atoms with Gasteiger partial charge in [-0.15, -0.1) is 0 Å². The molecule has 0 saturated carbocycles. The number of aromatic nitrogens is 3. The Morgan fingerprint density at radius 3 is 2.65 bits per heavy atom. The van der Waals surface area contributed by atoms with Crippen LogP contribution in [-0.4, -0.2) is 21.2 Å². The lowest BCUT2D eigenvalue weighted by Crippen LogP contribution is -2.02. The Hall–Kier alpha value is -1.62. The van der Waals surface area contributed by atoms with Crippen molar-refractivity contribution in [2.24, 2.45) is 0 Å². The summed E-state index contributed by atoms with van der Waals surface area (Å²) in [6.07, 6.45) is 2.86. The molecule has 0 atom stereocenters. The first-order valence-electron chi connectivity index (χ1n) is 5.38. The van der Waals surface area contributed by atoms with E-state index in [1.807, 2.05) is 24.5 Å². The van der Waals surface area contributed by atoms with Crippen LogP contribution in [0.5, 0.6) is 0 Å². The second-order valence-electron chi connectivity index (χ2n) is 3.51. The van der Waals surface area contributed by atoms with Crippen LogP contribution in [0, 0.1) is 0 Å². The summed E-state index contributed by atoms with van der Waals surface area (Å²) in [6.45, 7) is 2.11. The van der Waals surface area contributed by atoms with Gasteiger partial charge in [0.15, 0.2) is 11.0 Å². The highest BCUT2D eigenvalue weighted by atomic mass is 32.2. The van der Waals surface area contributed by atoms with Crippen molar-refractivity contribution in [1.29, 1.82) is 0 Å². The van der Waals surface area contributed by atoms with Gasteiger partial charge in [-0.25, -0.2) is 4.98 Å². The minimum absolute atomic E-state index is 0.269. The van der Waals surface area contributed by atoms with Gasteiger partial charge < -0.3 is 5.73 Å². The van der Waals surface area contributed by atoms with E-state index in [1.54, 1.807) is 0 Å². The van der Waals surface area contributed by atoms with Gasteiger partial charge in [0, 0.05) is 5.56 Å². The highest BCUT2D eigenvalue weighted by Gasteiger charge is 2.09. The molecule has 2 rings (SSSR count). The van der Waals surface area contributed by atoms with E-state index in [1.165, 1.54) is 17.3 Å². The van der Waals surface area contributed by atoms with Crippen LogP contribution < -0.4 is 5.73 Å². The molecule has 0 aliphatic carbocycles. The van der Waals surface area contributed by atoms with Gasteiger partial charge in [0.05, 0.1) is 0 Å². The number of aryl methyl sites for hydroxylation is 1. The zero-order valence-corrected chi connectivity index (χ0v) is 10.7. The van der Waals surface area contributed by atoms with Crippen LogP contribution in [-0.2, 0) is 6.42 Å². The molecule has 1 aromatic carbocycles. The van der Waals surface area contributed by atoms with Crippen molar-refractivity contribution in [3.63, 3.8) is 0 Å². The minimum Gasteiger partial charge on any atom is -0.368 e. The molecule has 5 heteroatoms. The van der Waals surface area contributed by atoms with Crippen molar-refractivity contribution in [1.82, 2.24) is 15.0 Å². The second-order valence-corrected chi connectivity index (χ2v) is 4.29. The topological polar surface area (TPSA) is 64.7 Å². The lowest BCUT2D eigenvalue weighted by atomic mass is 10.1. The number of hydrogen-bond donors (Lipinski definition) is 1. The molecule has 0 saturated heterocycles. The lowest BCUT2D eigenvalue weighted by Gasteiger charge is -2.07. The molecule has 0 aliphatic heterocycles. The molecule has 88 valence electrons. The van der Waals surface area contributed by atoms with Gasteiger partial charge in [0.1, 0.15) is 0 Å². The molecule has 4 nitrogen and oxygen atoms in total. The third-order valence-electron chi connectivity index (χ3n) is 2.45. The van der Waals surface area contributed by atoms with Gasteiger partial charge in [0.25, 0.3) is 0 Å². The molecule has 0 bridgehead atoms. The quantitative estimate of drug-likeness (QED) is 0.842. The van der Waals surface area contributed by atoms with Crippen molar-refractivity contribution in [2.45, 2.75) is 18.5 Å². The second kappa shape index (κ2) is 5.14. The zero-order chi connectivity index (χ0) is 12.3. The summed E-state index contributed by atoms with van der Waals surface area (Å²) in [6, 6.07) is 8.08. The van der Waals surface area contributed by atoms with Crippen LogP contribution in [0.25, 0.3) is 11.4 Å². The first-order valence-corrected chi connectivity index (χ1v) is 6.61. The van der Waals surface area contributed by atoms with E-state index in [4.69, 9.17) is 5.73 Å². The van der Waals surface area contributed by atoms with Crippen LogP contribution in [0.4, 0.5) is 5.95 Å². The van der Waals surface area contributed by atoms with Crippen LogP contribution in [0.2, 0.25) is 0 Å². The average Bonchev–Trinajstić information content (AvgIpc) is 2.37.